The van der Waals surface area contributed by atoms with Crippen LogP contribution in [0.15, 0.2) is 77.7 Å². The van der Waals surface area contributed by atoms with E-state index >= 15 is 0 Å². The highest BCUT2D eigenvalue weighted by Crippen LogP contribution is 2.29. The van der Waals surface area contributed by atoms with Crippen molar-refractivity contribution >= 4 is 39.1 Å². The Morgan fingerprint density at radius 3 is 2.25 bits per heavy atom. The van der Waals surface area contributed by atoms with E-state index in [1.165, 1.54) is 17.0 Å². The molecule has 0 aliphatic carbocycles. The van der Waals surface area contributed by atoms with Crippen LogP contribution in [0.3, 0.4) is 0 Å². The lowest BCUT2D eigenvalue weighted by molar-refractivity contribution is -0.140. The Kier molecular flexibility index (Phi) is 11.0. The largest absolute Gasteiger partial charge is 0.497 e. The Labute approximate surface area is 241 Å². The van der Waals surface area contributed by atoms with Crippen molar-refractivity contribution in [3.63, 3.8) is 0 Å². The molecule has 0 heterocycles. The second kappa shape index (κ2) is 14.2. The van der Waals surface area contributed by atoms with E-state index < -0.39 is 28.5 Å². The molecule has 214 valence electrons. The number of halogens is 1. The number of benzene rings is 3. The lowest BCUT2D eigenvalue weighted by atomic mass is 10.1. The number of amides is 2. The third-order valence-corrected chi connectivity index (χ3v) is 8.49. The van der Waals surface area contributed by atoms with Crippen molar-refractivity contribution in [2.24, 2.45) is 0 Å². The standard InChI is InChI=1S/C30H36ClN3O5S/c1-5-18-32-30(36)27(6-2)33(20-23-12-15-25(39-4)16-13-23)29(35)21-34(28-17-14-24(31)19-22(28)3)40(37,38)26-10-8-7-9-11-26/h7-17,19,27H,5-6,18,20-21H2,1-4H3,(H,32,36). The zero-order valence-electron chi connectivity index (χ0n) is 23.3. The third-order valence-electron chi connectivity index (χ3n) is 6.48. The van der Waals surface area contributed by atoms with Crippen LogP contribution < -0.4 is 14.4 Å². The Hall–Kier alpha value is -3.56. The smallest absolute Gasteiger partial charge is 0.264 e. The molecule has 0 aliphatic heterocycles. The summed E-state index contributed by atoms with van der Waals surface area (Å²) in [5.74, 6) is -0.137. The molecule has 0 aromatic heterocycles. The summed E-state index contributed by atoms with van der Waals surface area (Å²) < 4.78 is 34.1. The highest BCUT2D eigenvalue weighted by molar-refractivity contribution is 7.92. The summed E-state index contributed by atoms with van der Waals surface area (Å²) >= 11 is 6.16. The molecule has 1 atom stereocenters. The van der Waals surface area contributed by atoms with Crippen LogP contribution in [0, 0.1) is 6.92 Å². The zero-order valence-corrected chi connectivity index (χ0v) is 24.8. The van der Waals surface area contributed by atoms with Crippen molar-refractivity contribution in [2.45, 2.75) is 51.1 Å². The molecule has 3 aromatic rings. The molecule has 2 amide bonds. The minimum atomic E-state index is -4.14. The number of rotatable bonds is 13. The Morgan fingerprint density at radius 2 is 1.68 bits per heavy atom. The molecule has 1 N–H and O–H groups in total. The highest BCUT2D eigenvalue weighted by Gasteiger charge is 2.34. The number of hydrogen-bond donors (Lipinski definition) is 1. The fraction of sp³-hybridized carbons (Fsp3) is 0.333. The van der Waals surface area contributed by atoms with E-state index in [2.05, 4.69) is 5.32 Å². The molecule has 0 aliphatic rings. The number of methoxy groups -OCH3 is 1. The van der Waals surface area contributed by atoms with Gasteiger partial charge < -0.3 is 15.0 Å². The Balaban J connectivity index is 2.06. The van der Waals surface area contributed by atoms with E-state index in [9.17, 15) is 18.0 Å². The summed E-state index contributed by atoms with van der Waals surface area (Å²) in [4.78, 5) is 28.7. The number of carbonyl (C=O) groups is 2. The van der Waals surface area contributed by atoms with E-state index in [1.54, 1.807) is 62.6 Å². The molecule has 3 aromatic carbocycles. The van der Waals surface area contributed by atoms with Gasteiger partial charge in [-0.25, -0.2) is 8.42 Å². The van der Waals surface area contributed by atoms with Crippen molar-refractivity contribution in [3.8, 4) is 5.75 Å². The quantitative estimate of drug-likeness (QED) is 0.298. The first-order chi connectivity index (χ1) is 19.1. The molecule has 0 radical (unpaired) electrons. The van der Waals surface area contributed by atoms with Gasteiger partial charge in [-0.15, -0.1) is 0 Å². The van der Waals surface area contributed by atoms with Crippen molar-refractivity contribution in [1.29, 1.82) is 0 Å². The molecular weight excluding hydrogens is 550 g/mol. The first kappa shape index (κ1) is 31.0. The van der Waals surface area contributed by atoms with Crippen LogP contribution in [0.25, 0.3) is 0 Å². The lowest BCUT2D eigenvalue weighted by Gasteiger charge is -2.33. The average molecular weight is 586 g/mol. The normalized spacial score (nSPS) is 11.9. The highest BCUT2D eigenvalue weighted by atomic mass is 35.5. The maximum atomic E-state index is 14.1. The van der Waals surface area contributed by atoms with Gasteiger partial charge in [-0.2, -0.15) is 0 Å². The summed E-state index contributed by atoms with van der Waals surface area (Å²) in [5.41, 5.74) is 1.69. The number of nitrogens with one attached hydrogen (secondary N) is 1. The predicted octanol–water partition coefficient (Wildman–Crippen LogP) is 5.19. The number of aryl methyl sites for hydroxylation is 1. The fourth-order valence-electron chi connectivity index (χ4n) is 4.34. The number of carbonyl (C=O) groups excluding carboxylic acids is 2. The summed E-state index contributed by atoms with van der Waals surface area (Å²) in [6.45, 7) is 5.58. The molecule has 0 saturated carbocycles. The topological polar surface area (TPSA) is 96.0 Å². The van der Waals surface area contributed by atoms with Gasteiger partial charge in [0.05, 0.1) is 17.7 Å². The molecular formula is C30H36ClN3O5S. The second-order valence-corrected chi connectivity index (χ2v) is 11.6. The van der Waals surface area contributed by atoms with Crippen LogP contribution in [-0.2, 0) is 26.2 Å². The van der Waals surface area contributed by atoms with Crippen molar-refractivity contribution in [1.82, 2.24) is 10.2 Å². The molecule has 40 heavy (non-hydrogen) atoms. The molecule has 8 nitrogen and oxygen atoms in total. The van der Waals surface area contributed by atoms with E-state index in [-0.39, 0.29) is 17.3 Å². The van der Waals surface area contributed by atoms with E-state index in [0.29, 0.717) is 35.0 Å². The minimum absolute atomic E-state index is 0.0478. The first-order valence-corrected chi connectivity index (χ1v) is 15.0. The van der Waals surface area contributed by atoms with Gasteiger partial charge in [0, 0.05) is 18.1 Å². The van der Waals surface area contributed by atoms with Crippen LogP contribution in [0.2, 0.25) is 5.02 Å². The van der Waals surface area contributed by atoms with Gasteiger partial charge in [-0.3, -0.25) is 13.9 Å². The summed E-state index contributed by atoms with van der Waals surface area (Å²) in [7, 11) is -2.58. The summed E-state index contributed by atoms with van der Waals surface area (Å²) in [6.07, 6.45) is 1.09. The average Bonchev–Trinajstić information content (AvgIpc) is 2.95. The minimum Gasteiger partial charge on any atom is -0.497 e. The maximum absolute atomic E-state index is 14.1. The monoisotopic (exact) mass is 585 g/mol. The fourth-order valence-corrected chi connectivity index (χ4v) is 6.07. The molecule has 0 bridgehead atoms. The molecule has 0 fully saturated rings. The summed E-state index contributed by atoms with van der Waals surface area (Å²) in [5, 5.41) is 3.33. The third kappa shape index (κ3) is 7.55. The van der Waals surface area contributed by atoms with Gasteiger partial charge in [-0.1, -0.05) is 55.8 Å². The van der Waals surface area contributed by atoms with Crippen LogP contribution in [0.4, 0.5) is 5.69 Å². The lowest BCUT2D eigenvalue weighted by Crippen LogP contribution is -2.52. The Morgan fingerprint density at radius 1 is 1.00 bits per heavy atom. The van der Waals surface area contributed by atoms with Gasteiger partial charge in [0.1, 0.15) is 18.3 Å². The number of hydrogen-bond acceptors (Lipinski definition) is 5. The van der Waals surface area contributed by atoms with Crippen LogP contribution >= 0.6 is 11.6 Å². The van der Waals surface area contributed by atoms with E-state index in [4.69, 9.17) is 16.3 Å². The van der Waals surface area contributed by atoms with Crippen LogP contribution in [0.1, 0.15) is 37.8 Å². The first-order valence-electron chi connectivity index (χ1n) is 13.2. The second-order valence-electron chi connectivity index (χ2n) is 9.34. The van der Waals surface area contributed by atoms with Gasteiger partial charge >= 0.3 is 0 Å². The van der Waals surface area contributed by atoms with Gasteiger partial charge in [0.25, 0.3) is 10.0 Å². The van der Waals surface area contributed by atoms with Crippen molar-refractivity contribution < 1.29 is 22.7 Å². The molecule has 10 heteroatoms. The summed E-state index contributed by atoms with van der Waals surface area (Å²) in [6, 6.07) is 19.2. The molecule has 0 saturated heterocycles. The number of ether oxygens (including phenoxy) is 1. The van der Waals surface area contributed by atoms with Crippen molar-refractivity contribution in [3.05, 3.63) is 88.9 Å². The van der Waals surface area contributed by atoms with E-state index in [1.807, 2.05) is 26.0 Å². The zero-order chi connectivity index (χ0) is 29.3. The molecule has 0 spiro atoms. The van der Waals surface area contributed by atoms with E-state index in [0.717, 1.165) is 16.3 Å². The van der Waals surface area contributed by atoms with Gasteiger partial charge in [-0.05, 0) is 73.4 Å². The predicted molar refractivity (Wildman–Crippen MR) is 158 cm³/mol. The molecule has 1 unspecified atom stereocenters. The van der Waals surface area contributed by atoms with Gasteiger partial charge in [0.15, 0.2) is 0 Å². The number of nitrogens with zero attached hydrogens (tertiary/aromatic N) is 2. The number of anilines is 1. The number of sulfonamides is 1. The SMILES string of the molecule is CCCNC(=O)C(CC)N(Cc1ccc(OC)cc1)C(=O)CN(c1ccc(Cl)cc1C)S(=O)(=O)c1ccccc1. The Bertz CT molecular complexity index is 1400. The maximum Gasteiger partial charge on any atom is 0.264 e. The van der Waals surface area contributed by atoms with Crippen LogP contribution in [-0.4, -0.2) is 51.4 Å². The molecule has 3 rings (SSSR count). The van der Waals surface area contributed by atoms with Crippen molar-refractivity contribution in [2.75, 3.05) is 24.5 Å². The van der Waals surface area contributed by atoms with Gasteiger partial charge in [0.2, 0.25) is 11.8 Å². The van der Waals surface area contributed by atoms with Crippen LogP contribution in [0.5, 0.6) is 5.75 Å².